The fourth-order valence-electron chi connectivity index (χ4n) is 2.54. The van der Waals surface area contributed by atoms with Gasteiger partial charge in [-0.05, 0) is 25.7 Å². The number of nitrogens with one attached hydrogen (secondary N) is 1. The van der Waals surface area contributed by atoms with Crippen molar-refractivity contribution in [3.8, 4) is 0 Å². The number of aliphatic hydroxyl groups excluding tert-OH is 1. The minimum absolute atomic E-state index is 0.0595. The van der Waals surface area contributed by atoms with Gasteiger partial charge in [-0.2, -0.15) is 0 Å². The van der Waals surface area contributed by atoms with Crippen LogP contribution in [0.15, 0.2) is 0 Å². The molecule has 1 rings (SSSR count). The van der Waals surface area contributed by atoms with Gasteiger partial charge in [0.2, 0.25) is 0 Å². The van der Waals surface area contributed by atoms with E-state index in [2.05, 4.69) is 26.1 Å². The van der Waals surface area contributed by atoms with E-state index < -0.39 is 0 Å². The fourth-order valence-corrected chi connectivity index (χ4v) is 2.54. The Labute approximate surface area is 101 Å². The predicted molar refractivity (Wildman–Crippen MR) is 69.5 cm³/mol. The molecule has 1 aliphatic carbocycles. The van der Waals surface area contributed by atoms with Crippen molar-refractivity contribution in [2.45, 2.75) is 65.3 Å². The van der Waals surface area contributed by atoms with Crippen LogP contribution in [-0.2, 0) is 0 Å². The lowest BCUT2D eigenvalue weighted by atomic mass is 9.88. The summed E-state index contributed by atoms with van der Waals surface area (Å²) in [4.78, 5) is 0. The van der Waals surface area contributed by atoms with Gasteiger partial charge in [-0.25, -0.2) is 0 Å². The molecule has 0 amide bonds. The first-order valence-corrected chi connectivity index (χ1v) is 6.94. The smallest absolute Gasteiger partial charge is 0.0496 e. The van der Waals surface area contributed by atoms with Crippen LogP contribution in [0, 0.1) is 11.3 Å². The molecule has 2 heteroatoms. The van der Waals surface area contributed by atoms with Crippen LogP contribution in [0.5, 0.6) is 0 Å². The number of hydrogen-bond donors (Lipinski definition) is 2. The number of hydrogen-bond acceptors (Lipinski definition) is 2. The molecule has 2 nitrogen and oxygen atoms in total. The van der Waals surface area contributed by atoms with E-state index in [1.54, 1.807) is 0 Å². The Morgan fingerprint density at radius 2 is 2.00 bits per heavy atom. The topological polar surface area (TPSA) is 32.3 Å². The summed E-state index contributed by atoms with van der Waals surface area (Å²) in [7, 11) is 0. The van der Waals surface area contributed by atoms with E-state index in [1.165, 1.54) is 32.1 Å². The molecule has 16 heavy (non-hydrogen) atoms. The van der Waals surface area contributed by atoms with Crippen molar-refractivity contribution in [2.75, 3.05) is 13.2 Å². The zero-order valence-electron chi connectivity index (χ0n) is 11.3. The fraction of sp³-hybridized carbons (Fsp3) is 1.00. The molecule has 96 valence electrons. The van der Waals surface area contributed by atoms with E-state index in [4.69, 9.17) is 0 Å². The minimum Gasteiger partial charge on any atom is -0.396 e. The molecule has 1 fully saturated rings. The average Bonchev–Trinajstić information content (AvgIpc) is 2.79. The van der Waals surface area contributed by atoms with E-state index in [-0.39, 0.29) is 12.0 Å². The summed E-state index contributed by atoms with van der Waals surface area (Å²) >= 11 is 0. The van der Waals surface area contributed by atoms with Gasteiger partial charge >= 0.3 is 0 Å². The summed E-state index contributed by atoms with van der Waals surface area (Å²) in [6.07, 6.45) is 8.06. The molecule has 0 aromatic carbocycles. The third-order valence-corrected chi connectivity index (χ3v) is 4.27. The zero-order chi connectivity index (χ0) is 12.0. The van der Waals surface area contributed by atoms with Gasteiger partial charge in [0.05, 0.1) is 0 Å². The quantitative estimate of drug-likeness (QED) is 0.701. The van der Waals surface area contributed by atoms with Gasteiger partial charge in [-0.3, -0.25) is 0 Å². The molecule has 2 atom stereocenters. The van der Waals surface area contributed by atoms with Gasteiger partial charge in [-0.1, -0.05) is 39.5 Å². The first kappa shape index (κ1) is 14.0. The second kappa shape index (κ2) is 6.61. The Morgan fingerprint density at radius 1 is 1.38 bits per heavy atom. The average molecular weight is 227 g/mol. The lowest BCUT2D eigenvalue weighted by Gasteiger charge is -2.28. The maximum Gasteiger partial charge on any atom is 0.0496 e. The second-order valence-electron chi connectivity index (χ2n) is 5.99. The molecule has 0 radical (unpaired) electrons. The molecule has 0 aliphatic heterocycles. The Bertz CT molecular complexity index is 183. The third-order valence-electron chi connectivity index (χ3n) is 4.27. The molecule has 0 aromatic heterocycles. The highest BCUT2D eigenvalue weighted by atomic mass is 16.3. The summed E-state index contributed by atoms with van der Waals surface area (Å²) in [5.41, 5.74) is 0.0595. The summed E-state index contributed by atoms with van der Waals surface area (Å²) in [5, 5.41) is 12.9. The van der Waals surface area contributed by atoms with Crippen molar-refractivity contribution >= 4 is 0 Å². The van der Waals surface area contributed by atoms with Crippen LogP contribution in [0.3, 0.4) is 0 Å². The van der Waals surface area contributed by atoms with E-state index in [0.717, 1.165) is 18.9 Å². The van der Waals surface area contributed by atoms with Crippen molar-refractivity contribution in [1.29, 1.82) is 0 Å². The molecule has 0 bridgehead atoms. The Kier molecular flexibility index (Phi) is 5.77. The van der Waals surface area contributed by atoms with Crippen LogP contribution < -0.4 is 5.32 Å². The van der Waals surface area contributed by atoms with E-state index in [9.17, 15) is 5.11 Å². The number of rotatable bonds is 7. The molecule has 2 unspecified atom stereocenters. The molecule has 0 spiro atoms. The summed E-state index contributed by atoms with van der Waals surface area (Å²) in [6, 6.07) is 0.598. The zero-order valence-corrected chi connectivity index (χ0v) is 11.3. The highest BCUT2D eigenvalue weighted by Crippen LogP contribution is 2.28. The molecule has 0 saturated heterocycles. The molecular weight excluding hydrogens is 198 g/mol. The lowest BCUT2D eigenvalue weighted by Crippen LogP contribution is -2.39. The second-order valence-corrected chi connectivity index (χ2v) is 5.99. The predicted octanol–water partition coefficient (Wildman–Crippen LogP) is 2.95. The first-order chi connectivity index (χ1) is 7.59. The van der Waals surface area contributed by atoms with Crippen molar-refractivity contribution in [3.05, 3.63) is 0 Å². The highest BCUT2D eigenvalue weighted by molar-refractivity contribution is 4.78. The molecule has 1 saturated carbocycles. The summed E-state index contributed by atoms with van der Waals surface area (Å²) in [6.45, 7) is 7.81. The third kappa shape index (κ3) is 4.42. The highest BCUT2D eigenvalue weighted by Gasteiger charge is 2.23. The van der Waals surface area contributed by atoms with Crippen molar-refractivity contribution in [1.82, 2.24) is 5.32 Å². The normalized spacial score (nSPS) is 23.2. The van der Waals surface area contributed by atoms with Gasteiger partial charge in [0.25, 0.3) is 0 Å². The maximum atomic E-state index is 9.34. The van der Waals surface area contributed by atoms with Crippen molar-refractivity contribution in [3.63, 3.8) is 0 Å². The molecular formula is C14H29NO. The lowest BCUT2D eigenvalue weighted by molar-refractivity contribution is 0.131. The molecule has 2 N–H and O–H groups in total. The summed E-state index contributed by atoms with van der Waals surface area (Å²) < 4.78 is 0. The largest absolute Gasteiger partial charge is 0.396 e. The van der Waals surface area contributed by atoms with Crippen molar-refractivity contribution < 1.29 is 5.11 Å². The van der Waals surface area contributed by atoms with E-state index >= 15 is 0 Å². The summed E-state index contributed by atoms with van der Waals surface area (Å²) in [5.74, 6) is 0.949. The van der Waals surface area contributed by atoms with Crippen LogP contribution in [0.4, 0.5) is 0 Å². The Morgan fingerprint density at radius 3 is 2.50 bits per heavy atom. The monoisotopic (exact) mass is 227 g/mol. The van der Waals surface area contributed by atoms with Crippen LogP contribution in [0.2, 0.25) is 0 Å². The Balaban J connectivity index is 2.20. The minimum atomic E-state index is 0.0595. The number of aliphatic hydroxyl groups is 1. The first-order valence-electron chi connectivity index (χ1n) is 6.94. The van der Waals surface area contributed by atoms with Gasteiger partial charge in [0.15, 0.2) is 0 Å². The Hall–Kier alpha value is -0.0800. The van der Waals surface area contributed by atoms with Crippen LogP contribution in [0.25, 0.3) is 0 Å². The van der Waals surface area contributed by atoms with Crippen LogP contribution in [-0.4, -0.2) is 24.3 Å². The molecule has 0 aromatic rings. The van der Waals surface area contributed by atoms with Gasteiger partial charge in [0.1, 0.15) is 0 Å². The van der Waals surface area contributed by atoms with Gasteiger partial charge < -0.3 is 10.4 Å². The molecule has 1 aliphatic rings. The maximum absolute atomic E-state index is 9.34. The molecule has 0 heterocycles. The SMILES string of the molecule is CCC(C)(CO)CNC(C)CC1CCCC1. The van der Waals surface area contributed by atoms with Crippen LogP contribution >= 0.6 is 0 Å². The standard InChI is InChI=1S/C14H29NO/c1-4-14(3,11-16)10-15-12(2)9-13-7-5-6-8-13/h12-13,15-16H,4-11H2,1-3H3. The van der Waals surface area contributed by atoms with E-state index in [0.29, 0.717) is 6.04 Å². The van der Waals surface area contributed by atoms with Crippen molar-refractivity contribution in [2.24, 2.45) is 11.3 Å². The van der Waals surface area contributed by atoms with Gasteiger partial charge in [0, 0.05) is 24.6 Å². The van der Waals surface area contributed by atoms with E-state index in [1.807, 2.05) is 0 Å². The van der Waals surface area contributed by atoms with Gasteiger partial charge in [-0.15, -0.1) is 0 Å². The van der Waals surface area contributed by atoms with Crippen LogP contribution in [0.1, 0.15) is 59.3 Å².